The number of esters is 2. The van der Waals surface area contributed by atoms with E-state index in [-0.39, 0.29) is 11.9 Å². The molecule has 0 atom stereocenters. The summed E-state index contributed by atoms with van der Waals surface area (Å²) in [4.78, 5) is 27.2. The van der Waals surface area contributed by atoms with Crippen molar-refractivity contribution in [2.24, 2.45) is 17.8 Å². The Hall–Kier alpha value is -1.14. The van der Waals surface area contributed by atoms with Crippen molar-refractivity contribution in [1.82, 2.24) is 4.90 Å². The highest BCUT2D eigenvalue weighted by Gasteiger charge is 2.16. The molecule has 0 aromatic rings. The van der Waals surface area contributed by atoms with Gasteiger partial charge in [0.15, 0.2) is 0 Å². The van der Waals surface area contributed by atoms with Crippen molar-refractivity contribution in [2.45, 2.75) is 253 Å². The highest BCUT2D eigenvalue weighted by atomic mass is 16.5. The molecule has 0 aromatic carbocycles. The first-order valence-electron chi connectivity index (χ1n) is 25.5. The number of carbonyl (C=O) groups is 2. The van der Waals surface area contributed by atoms with E-state index in [1.807, 2.05) is 0 Å². The summed E-state index contributed by atoms with van der Waals surface area (Å²) in [7, 11) is 0. The molecule has 6 heteroatoms. The van der Waals surface area contributed by atoms with E-state index in [9.17, 15) is 9.59 Å². The maximum Gasteiger partial charge on any atom is 0.306 e. The summed E-state index contributed by atoms with van der Waals surface area (Å²) in [5.74, 6) is 1.78. The second-order valence-corrected chi connectivity index (χ2v) is 17.7. The predicted molar refractivity (Wildman–Crippen MR) is 246 cm³/mol. The lowest BCUT2D eigenvalue weighted by molar-refractivity contribution is -0.146. The van der Waals surface area contributed by atoms with Crippen LogP contribution < -0.4 is 0 Å². The van der Waals surface area contributed by atoms with Crippen LogP contribution in [0.4, 0.5) is 0 Å². The molecule has 0 unspecified atom stereocenters. The second kappa shape index (κ2) is 44.4. The Labute approximate surface area is 356 Å². The summed E-state index contributed by atoms with van der Waals surface area (Å²) >= 11 is 0. The molecule has 0 aromatic heterocycles. The summed E-state index contributed by atoms with van der Waals surface area (Å²) in [6.07, 6.45) is 39.5. The van der Waals surface area contributed by atoms with Crippen molar-refractivity contribution in [3.8, 4) is 0 Å². The van der Waals surface area contributed by atoms with Gasteiger partial charge in [-0.25, -0.2) is 0 Å². The summed E-state index contributed by atoms with van der Waals surface area (Å²) in [6.45, 7) is 19.8. The maximum absolute atomic E-state index is 12.4. The standard InChI is InChI=1S/C51H101NO5/c1-7-13-34-47(35-14-8-2)44-50(53)56-42-31-27-23-19-17-21-25-29-38-49(46-55-41-33-40-52(11-5)12-6)39-30-26-22-18-20-24-28-32-43-57-51(54)45-48(36-15-9-3)37-16-10-4/h47-49H,7-46H2,1-6H3. The van der Waals surface area contributed by atoms with Crippen LogP contribution in [-0.2, 0) is 23.8 Å². The zero-order valence-electron chi connectivity index (χ0n) is 39.5. The van der Waals surface area contributed by atoms with Gasteiger partial charge >= 0.3 is 11.9 Å². The lowest BCUT2D eigenvalue weighted by Crippen LogP contribution is -2.25. The van der Waals surface area contributed by atoms with Crippen LogP contribution in [0.3, 0.4) is 0 Å². The van der Waals surface area contributed by atoms with Gasteiger partial charge in [0.05, 0.1) is 13.2 Å². The zero-order chi connectivity index (χ0) is 41.9. The summed E-state index contributed by atoms with van der Waals surface area (Å²) < 4.78 is 17.5. The molecular weight excluding hydrogens is 707 g/mol. The van der Waals surface area contributed by atoms with Crippen LogP contribution in [0.1, 0.15) is 253 Å². The molecule has 57 heavy (non-hydrogen) atoms. The monoisotopic (exact) mass is 808 g/mol. The van der Waals surface area contributed by atoms with Crippen LogP contribution in [0.2, 0.25) is 0 Å². The molecule has 0 aliphatic rings. The van der Waals surface area contributed by atoms with E-state index >= 15 is 0 Å². The molecule has 0 saturated carbocycles. The fraction of sp³-hybridized carbons (Fsp3) is 0.961. The number of unbranched alkanes of at least 4 members (excludes halogenated alkanes) is 18. The molecule has 0 bridgehead atoms. The Morgan fingerprint density at radius 1 is 0.386 bits per heavy atom. The van der Waals surface area contributed by atoms with Gasteiger partial charge in [0.2, 0.25) is 0 Å². The van der Waals surface area contributed by atoms with E-state index < -0.39 is 0 Å². The molecule has 0 radical (unpaired) electrons. The third-order valence-corrected chi connectivity index (χ3v) is 12.3. The van der Waals surface area contributed by atoms with Gasteiger partial charge in [0, 0.05) is 32.6 Å². The highest BCUT2D eigenvalue weighted by Crippen LogP contribution is 2.23. The van der Waals surface area contributed by atoms with Gasteiger partial charge in [-0.3, -0.25) is 9.59 Å². The van der Waals surface area contributed by atoms with Crippen molar-refractivity contribution >= 4 is 11.9 Å². The molecule has 0 saturated heterocycles. The van der Waals surface area contributed by atoms with Gasteiger partial charge in [-0.2, -0.15) is 0 Å². The lowest BCUT2D eigenvalue weighted by atomic mass is 9.93. The Morgan fingerprint density at radius 3 is 1.07 bits per heavy atom. The van der Waals surface area contributed by atoms with Gasteiger partial charge in [-0.1, -0.05) is 183 Å². The highest BCUT2D eigenvalue weighted by molar-refractivity contribution is 5.70. The smallest absolute Gasteiger partial charge is 0.306 e. The minimum absolute atomic E-state index is 0.0262. The van der Waals surface area contributed by atoms with E-state index in [0.29, 0.717) is 43.8 Å². The molecule has 6 nitrogen and oxygen atoms in total. The molecule has 0 spiro atoms. The summed E-state index contributed by atoms with van der Waals surface area (Å²) in [5, 5.41) is 0. The van der Waals surface area contributed by atoms with E-state index in [2.05, 4.69) is 46.4 Å². The largest absolute Gasteiger partial charge is 0.466 e. The molecule has 0 N–H and O–H groups in total. The third-order valence-electron chi connectivity index (χ3n) is 12.3. The first kappa shape index (κ1) is 55.9. The average Bonchev–Trinajstić information content (AvgIpc) is 3.21. The van der Waals surface area contributed by atoms with Gasteiger partial charge < -0.3 is 19.1 Å². The summed E-state index contributed by atoms with van der Waals surface area (Å²) in [5.41, 5.74) is 0. The summed E-state index contributed by atoms with van der Waals surface area (Å²) in [6, 6.07) is 0. The molecule has 0 aliphatic heterocycles. The van der Waals surface area contributed by atoms with Gasteiger partial charge in [-0.15, -0.1) is 0 Å². The first-order valence-corrected chi connectivity index (χ1v) is 25.5. The zero-order valence-corrected chi connectivity index (χ0v) is 39.5. The van der Waals surface area contributed by atoms with Crippen molar-refractivity contribution in [3.05, 3.63) is 0 Å². The first-order chi connectivity index (χ1) is 27.9. The number of hydrogen-bond acceptors (Lipinski definition) is 6. The second-order valence-electron chi connectivity index (χ2n) is 17.7. The fourth-order valence-electron chi connectivity index (χ4n) is 8.31. The van der Waals surface area contributed by atoms with Crippen LogP contribution in [0.25, 0.3) is 0 Å². The third kappa shape index (κ3) is 38.8. The van der Waals surface area contributed by atoms with Crippen molar-refractivity contribution < 1.29 is 23.8 Å². The molecular formula is C51H101NO5. The molecule has 340 valence electrons. The molecule has 0 heterocycles. The van der Waals surface area contributed by atoms with Crippen molar-refractivity contribution in [3.63, 3.8) is 0 Å². The number of ether oxygens (including phenoxy) is 3. The van der Waals surface area contributed by atoms with Gasteiger partial charge in [-0.05, 0) is 88.6 Å². The minimum atomic E-state index is 0.0262. The van der Waals surface area contributed by atoms with Crippen LogP contribution in [0.5, 0.6) is 0 Å². The van der Waals surface area contributed by atoms with E-state index in [1.54, 1.807) is 0 Å². The SMILES string of the molecule is CCCCC(CCCC)CC(=O)OCCCCCCCCCCC(CCCCCCCCCCOC(=O)CC(CCCC)CCCC)COCCCN(CC)CC. The van der Waals surface area contributed by atoms with Crippen molar-refractivity contribution in [1.29, 1.82) is 0 Å². The number of rotatable bonds is 46. The van der Waals surface area contributed by atoms with Crippen LogP contribution in [0, 0.1) is 17.8 Å². The van der Waals surface area contributed by atoms with Gasteiger partial charge in [0.1, 0.15) is 0 Å². The Morgan fingerprint density at radius 2 is 0.719 bits per heavy atom. The quantitative estimate of drug-likeness (QED) is 0.0451. The minimum Gasteiger partial charge on any atom is -0.466 e. The Kier molecular flexibility index (Phi) is 43.5. The Balaban J connectivity index is 4.14. The maximum atomic E-state index is 12.4. The molecule has 0 amide bonds. The number of hydrogen-bond donors (Lipinski definition) is 0. The molecule has 0 fully saturated rings. The van der Waals surface area contributed by atoms with E-state index in [4.69, 9.17) is 14.2 Å². The topological polar surface area (TPSA) is 65.1 Å². The Bertz CT molecular complexity index is 760. The lowest BCUT2D eigenvalue weighted by Gasteiger charge is -2.19. The van der Waals surface area contributed by atoms with Crippen LogP contribution >= 0.6 is 0 Å². The van der Waals surface area contributed by atoms with Crippen molar-refractivity contribution in [2.75, 3.05) is 46.1 Å². The van der Waals surface area contributed by atoms with Crippen LogP contribution in [0.15, 0.2) is 0 Å². The number of nitrogens with zero attached hydrogens (tertiary/aromatic N) is 1. The average molecular weight is 808 g/mol. The van der Waals surface area contributed by atoms with E-state index in [1.165, 1.54) is 180 Å². The normalized spacial score (nSPS) is 11.8. The van der Waals surface area contributed by atoms with Crippen LogP contribution in [-0.4, -0.2) is 62.9 Å². The fourth-order valence-corrected chi connectivity index (χ4v) is 8.31. The molecule has 0 rings (SSSR count). The predicted octanol–water partition coefficient (Wildman–Crippen LogP) is 15.2. The van der Waals surface area contributed by atoms with Gasteiger partial charge in [0.25, 0.3) is 0 Å². The van der Waals surface area contributed by atoms with E-state index in [0.717, 1.165) is 52.1 Å². The number of carbonyl (C=O) groups excluding carboxylic acids is 2. The molecule has 0 aliphatic carbocycles.